The van der Waals surface area contributed by atoms with Crippen LogP contribution < -0.4 is 0 Å². The summed E-state index contributed by atoms with van der Waals surface area (Å²) in [5.41, 5.74) is -0.897. The largest absolute Gasteiger partial charge is 0.481 e. The van der Waals surface area contributed by atoms with Gasteiger partial charge in [-0.25, -0.2) is 0 Å². The van der Waals surface area contributed by atoms with E-state index in [2.05, 4.69) is 0 Å². The van der Waals surface area contributed by atoms with Gasteiger partial charge in [0, 0.05) is 11.8 Å². The molecular weight excluding hydrogens is 168 g/mol. The Hall–Kier alpha value is -0.860. The summed E-state index contributed by atoms with van der Waals surface area (Å²) in [5.74, 6) is -0.616. The molecule has 0 amide bonds. The molecule has 0 aromatic heterocycles. The molecule has 0 spiro atoms. The van der Waals surface area contributed by atoms with Crippen molar-refractivity contribution in [2.45, 2.75) is 39.0 Å². The molecule has 3 rings (SSSR count). The van der Waals surface area contributed by atoms with Crippen LogP contribution >= 0.6 is 0 Å². The number of carboxylic acid groups (broad SMARTS) is 1. The SMILES string of the molecule is CC12CCC(C(=O)O)(CC1)CC2=O. The molecule has 3 saturated carbocycles. The van der Waals surface area contributed by atoms with Crippen LogP contribution in [0, 0.1) is 10.8 Å². The fourth-order valence-corrected chi connectivity index (χ4v) is 2.55. The summed E-state index contributed by atoms with van der Waals surface area (Å²) in [7, 11) is 0. The molecule has 0 heterocycles. The molecule has 0 unspecified atom stereocenters. The van der Waals surface area contributed by atoms with Gasteiger partial charge in [-0.15, -0.1) is 0 Å². The summed E-state index contributed by atoms with van der Waals surface area (Å²) >= 11 is 0. The smallest absolute Gasteiger partial charge is 0.310 e. The van der Waals surface area contributed by atoms with E-state index in [0.717, 1.165) is 12.8 Å². The number of Topliss-reactive ketones (excluding diaryl/α,β-unsaturated/α-hetero) is 1. The number of carboxylic acids is 1. The first-order valence-corrected chi connectivity index (χ1v) is 4.75. The van der Waals surface area contributed by atoms with E-state index in [4.69, 9.17) is 5.11 Å². The molecule has 0 aromatic carbocycles. The molecule has 0 aromatic rings. The van der Waals surface area contributed by atoms with Crippen LogP contribution in [0.2, 0.25) is 0 Å². The lowest BCUT2D eigenvalue weighted by Gasteiger charge is -2.48. The summed E-state index contributed by atoms with van der Waals surface area (Å²) in [5, 5.41) is 9.06. The van der Waals surface area contributed by atoms with E-state index in [9.17, 15) is 9.59 Å². The highest BCUT2D eigenvalue weighted by Crippen LogP contribution is 2.54. The third kappa shape index (κ3) is 1.02. The first-order valence-electron chi connectivity index (χ1n) is 4.75. The van der Waals surface area contributed by atoms with E-state index in [-0.39, 0.29) is 17.6 Å². The van der Waals surface area contributed by atoms with Gasteiger partial charge in [-0.3, -0.25) is 9.59 Å². The van der Waals surface area contributed by atoms with E-state index in [1.54, 1.807) is 0 Å². The van der Waals surface area contributed by atoms with Gasteiger partial charge in [-0.2, -0.15) is 0 Å². The zero-order valence-corrected chi connectivity index (χ0v) is 7.80. The van der Waals surface area contributed by atoms with Crippen LogP contribution in [0.3, 0.4) is 0 Å². The van der Waals surface area contributed by atoms with Gasteiger partial charge in [0.2, 0.25) is 0 Å². The first-order chi connectivity index (χ1) is 5.99. The van der Waals surface area contributed by atoms with Gasteiger partial charge < -0.3 is 5.11 Å². The molecule has 3 aliphatic rings. The topological polar surface area (TPSA) is 54.4 Å². The van der Waals surface area contributed by atoms with Gasteiger partial charge in [-0.1, -0.05) is 6.92 Å². The molecule has 1 N–H and O–H groups in total. The Morgan fingerprint density at radius 3 is 2.23 bits per heavy atom. The van der Waals surface area contributed by atoms with Crippen molar-refractivity contribution >= 4 is 11.8 Å². The number of fused-ring (bicyclic) bond motifs is 3. The molecule has 3 heteroatoms. The molecule has 0 saturated heterocycles. The average molecular weight is 182 g/mol. The van der Waals surface area contributed by atoms with Crippen molar-refractivity contribution in [1.29, 1.82) is 0 Å². The molecule has 3 aliphatic carbocycles. The zero-order valence-electron chi connectivity index (χ0n) is 7.80. The van der Waals surface area contributed by atoms with Gasteiger partial charge in [0.05, 0.1) is 5.41 Å². The number of rotatable bonds is 1. The predicted molar refractivity (Wildman–Crippen MR) is 46.3 cm³/mol. The molecule has 72 valence electrons. The average Bonchev–Trinajstić information content (AvgIpc) is 2.08. The highest BCUT2D eigenvalue weighted by Gasteiger charge is 2.55. The maximum atomic E-state index is 11.6. The summed E-state index contributed by atoms with van der Waals surface area (Å²) in [6.07, 6.45) is 3.16. The maximum Gasteiger partial charge on any atom is 0.310 e. The Kier molecular flexibility index (Phi) is 1.57. The minimum absolute atomic E-state index is 0.160. The number of hydrogen-bond donors (Lipinski definition) is 1. The van der Waals surface area contributed by atoms with Gasteiger partial charge in [0.25, 0.3) is 0 Å². The third-order valence-corrected chi connectivity index (χ3v) is 3.94. The van der Waals surface area contributed by atoms with Crippen molar-refractivity contribution < 1.29 is 14.7 Å². The third-order valence-electron chi connectivity index (χ3n) is 3.94. The van der Waals surface area contributed by atoms with Gasteiger partial charge in [-0.05, 0) is 25.7 Å². The van der Waals surface area contributed by atoms with Crippen molar-refractivity contribution in [3.63, 3.8) is 0 Å². The molecule has 0 radical (unpaired) electrons. The van der Waals surface area contributed by atoms with Crippen LogP contribution in [0.1, 0.15) is 39.0 Å². The summed E-state index contributed by atoms with van der Waals surface area (Å²) in [4.78, 5) is 22.7. The fraction of sp³-hybridized carbons (Fsp3) is 0.800. The molecule has 0 atom stereocenters. The minimum Gasteiger partial charge on any atom is -0.481 e. The van der Waals surface area contributed by atoms with E-state index in [1.165, 1.54) is 0 Å². The number of ketones is 1. The van der Waals surface area contributed by atoms with Crippen LogP contribution in [0.25, 0.3) is 0 Å². The summed E-state index contributed by atoms with van der Waals surface area (Å²) in [6, 6.07) is 0. The van der Waals surface area contributed by atoms with Crippen molar-refractivity contribution in [2.24, 2.45) is 10.8 Å². The van der Waals surface area contributed by atoms with Crippen LogP contribution in [0.15, 0.2) is 0 Å². The fourth-order valence-electron chi connectivity index (χ4n) is 2.55. The molecular formula is C10H14O3. The molecule has 3 fully saturated rings. The lowest BCUT2D eigenvalue weighted by Crippen LogP contribution is -2.50. The summed E-state index contributed by atoms with van der Waals surface area (Å²) < 4.78 is 0. The second kappa shape index (κ2) is 2.34. The second-order valence-corrected chi connectivity index (χ2v) is 4.75. The van der Waals surface area contributed by atoms with E-state index >= 15 is 0 Å². The monoisotopic (exact) mass is 182 g/mol. The van der Waals surface area contributed by atoms with Gasteiger partial charge >= 0.3 is 5.97 Å². The Balaban J connectivity index is 2.31. The van der Waals surface area contributed by atoms with Crippen molar-refractivity contribution in [3.8, 4) is 0 Å². The highest BCUT2D eigenvalue weighted by atomic mass is 16.4. The molecule has 2 bridgehead atoms. The second-order valence-electron chi connectivity index (χ2n) is 4.75. The van der Waals surface area contributed by atoms with Crippen LogP contribution in [0.5, 0.6) is 0 Å². The van der Waals surface area contributed by atoms with Crippen molar-refractivity contribution in [1.82, 2.24) is 0 Å². The quantitative estimate of drug-likeness (QED) is 0.670. The lowest BCUT2D eigenvalue weighted by atomic mass is 9.54. The van der Waals surface area contributed by atoms with Crippen LogP contribution in [-0.2, 0) is 9.59 Å². The Morgan fingerprint density at radius 2 is 1.85 bits per heavy atom. The minimum atomic E-state index is -0.775. The molecule has 13 heavy (non-hydrogen) atoms. The highest BCUT2D eigenvalue weighted by molar-refractivity contribution is 5.92. The van der Waals surface area contributed by atoms with Gasteiger partial charge in [0.15, 0.2) is 0 Å². The molecule has 0 aliphatic heterocycles. The first kappa shape index (κ1) is 8.73. The Morgan fingerprint density at radius 1 is 1.31 bits per heavy atom. The van der Waals surface area contributed by atoms with Gasteiger partial charge in [0.1, 0.15) is 5.78 Å². The Labute approximate surface area is 77.1 Å². The number of carbonyl (C=O) groups excluding carboxylic acids is 1. The van der Waals surface area contributed by atoms with Crippen LogP contribution in [0.4, 0.5) is 0 Å². The van der Waals surface area contributed by atoms with E-state index < -0.39 is 11.4 Å². The number of hydrogen-bond acceptors (Lipinski definition) is 2. The normalized spacial score (nSPS) is 43.6. The lowest BCUT2D eigenvalue weighted by molar-refractivity contribution is -0.164. The zero-order chi connectivity index (χ0) is 9.69. The van der Waals surface area contributed by atoms with Crippen molar-refractivity contribution in [2.75, 3.05) is 0 Å². The van der Waals surface area contributed by atoms with Crippen molar-refractivity contribution in [3.05, 3.63) is 0 Å². The predicted octanol–water partition coefficient (Wildman–Crippen LogP) is 1.61. The summed E-state index contributed by atoms with van der Waals surface area (Å²) in [6.45, 7) is 1.97. The maximum absolute atomic E-state index is 11.6. The van der Waals surface area contributed by atoms with E-state index in [0.29, 0.717) is 12.8 Å². The van der Waals surface area contributed by atoms with Crippen LogP contribution in [-0.4, -0.2) is 16.9 Å². The number of aliphatic carboxylic acids is 1. The number of carbonyl (C=O) groups is 2. The Bertz CT molecular complexity index is 272. The standard InChI is InChI=1S/C10H14O3/c1-9-2-4-10(5-3-9,8(12)13)6-7(9)11/h2-6H2,1H3,(H,12,13). The van der Waals surface area contributed by atoms with E-state index in [1.807, 2.05) is 6.92 Å². The molecule has 3 nitrogen and oxygen atoms in total.